The van der Waals surface area contributed by atoms with E-state index in [-0.39, 0.29) is 5.12 Å². The summed E-state index contributed by atoms with van der Waals surface area (Å²) in [7, 11) is 0. The van der Waals surface area contributed by atoms with Gasteiger partial charge in [0.15, 0.2) is 10.7 Å². The van der Waals surface area contributed by atoms with Crippen LogP contribution in [-0.2, 0) is 14.3 Å². The Morgan fingerprint density at radius 1 is 1.30 bits per heavy atom. The fraction of sp³-hybridized carbons (Fsp3) is 0.467. The van der Waals surface area contributed by atoms with Gasteiger partial charge in [-0.05, 0) is 51.5 Å². The summed E-state index contributed by atoms with van der Waals surface area (Å²) in [6.45, 7) is 8.81. The summed E-state index contributed by atoms with van der Waals surface area (Å²) in [6, 6.07) is 5.43. The number of benzene rings is 1. The van der Waals surface area contributed by atoms with Crippen molar-refractivity contribution in [2.24, 2.45) is 0 Å². The van der Waals surface area contributed by atoms with Gasteiger partial charge in [0, 0.05) is 11.8 Å². The zero-order chi connectivity index (χ0) is 15.3. The molecule has 0 saturated heterocycles. The van der Waals surface area contributed by atoms with Gasteiger partial charge in [0.05, 0.1) is 6.61 Å². The lowest BCUT2D eigenvalue weighted by Gasteiger charge is -2.25. The van der Waals surface area contributed by atoms with E-state index >= 15 is 0 Å². The minimum atomic E-state index is -1.05. The van der Waals surface area contributed by atoms with Crippen molar-refractivity contribution in [2.75, 3.05) is 6.61 Å². The number of carbonyl (C=O) groups excluding carboxylic acids is 2. The normalized spacial score (nSPS) is 11.1. The van der Waals surface area contributed by atoms with Crippen LogP contribution in [0, 0.1) is 6.92 Å². The number of rotatable bonds is 5. The van der Waals surface area contributed by atoms with Crippen LogP contribution < -0.4 is 4.74 Å². The minimum Gasteiger partial charge on any atom is -0.476 e. The molecule has 5 heteroatoms. The van der Waals surface area contributed by atoms with Crippen LogP contribution in [0.25, 0.3) is 0 Å². The Hall–Kier alpha value is -1.49. The molecule has 0 amide bonds. The Labute approximate surface area is 123 Å². The molecule has 0 atom stereocenters. The summed E-state index contributed by atoms with van der Waals surface area (Å²) in [5, 5.41) is 0.0323. The van der Waals surface area contributed by atoms with Gasteiger partial charge < -0.3 is 9.47 Å². The molecule has 20 heavy (non-hydrogen) atoms. The molecule has 0 aliphatic heterocycles. The Kier molecular flexibility index (Phi) is 5.62. The molecule has 0 saturated carbocycles. The largest absolute Gasteiger partial charge is 0.476 e. The molecule has 0 heterocycles. The van der Waals surface area contributed by atoms with Gasteiger partial charge in [-0.1, -0.05) is 11.8 Å². The summed E-state index contributed by atoms with van der Waals surface area (Å²) in [5.74, 6) is 0.206. The van der Waals surface area contributed by atoms with Crippen molar-refractivity contribution in [1.29, 1.82) is 0 Å². The predicted octanol–water partition coefficient (Wildman–Crippen LogP) is 3.35. The molecule has 0 aliphatic carbocycles. The van der Waals surface area contributed by atoms with Crippen molar-refractivity contribution in [3.8, 4) is 5.75 Å². The SMILES string of the molecule is CCOC(=O)C(C)(C)Oc1ccc(SC(C)=O)cc1C. The summed E-state index contributed by atoms with van der Waals surface area (Å²) in [4.78, 5) is 23.7. The van der Waals surface area contributed by atoms with Crippen molar-refractivity contribution in [1.82, 2.24) is 0 Å². The molecule has 0 aromatic heterocycles. The molecular weight excluding hydrogens is 276 g/mol. The third kappa shape index (κ3) is 4.56. The fourth-order valence-electron chi connectivity index (χ4n) is 1.59. The van der Waals surface area contributed by atoms with Crippen molar-refractivity contribution in [3.63, 3.8) is 0 Å². The monoisotopic (exact) mass is 296 g/mol. The van der Waals surface area contributed by atoms with Crippen LogP contribution in [0.4, 0.5) is 0 Å². The van der Waals surface area contributed by atoms with E-state index in [9.17, 15) is 9.59 Å². The molecule has 0 bridgehead atoms. The zero-order valence-corrected chi connectivity index (χ0v) is 13.3. The van der Waals surface area contributed by atoms with Crippen LogP contribution in [-0.4, -0.2) is 23.3 Å². The van der Waals surface area contributed by atoms with Gasteiger partial charge >= 0.3 is 5.97 Å². The second-order valence-corrected chi connectivity index (χ2v) is 6.10. The van der Waals surface area contributed by atoms with Crippen molar-refractivity contribution < 1.29 is 19.1 Å². The summed E-state index contributed by atoms with van der Waals surface area (Å²) in [5.41, 5.74) is -0.177. The summed E-state index contributed by atoms with van der Waals surface area (Å²) in [6.07, 6.45) is 0. The highest BCUT2D eigenvalue weighted by Crippen LogP contribution is 2.28. The third-order valence-electron chi connectivity index (χ3n) is 2.54. The first-order valence-electron chi connectivity index (χ1n) is 6.41. The van der Waals surface area contributed by atoms with Crippen LogP contribution in [0.2, 0.25) is 0 Å². The van der Waals surface area contributed by atoms with E-state index < -0.39 is 11.6 Å². The van der Waals surface area contributed by atoms with E-state index in [4.69, 9.17) is 9.47 Å². The van der Waals surface area contributed by atoms with Crippen LogP contribution in [0.15, 0.2) is 23.1 Å². The van der Waals surface area contributed by atoms with E-state index in [1.54, 1.807) is 32.9 Å². The average molecular weight is 296 g/mol. The molecule has 0 unspecified atom stereocenters. The molecule has 0 spiro atoms. The number of esters is 1. The Balaban J connectivity index is 2.87. The second kappa shape index (κ2) is 6.79. The maximum atomic E-state index is 11.8. The minimum absolute atomic E-state index is 0.0323. The maximum Gasteiger partial charge on any atom is 0.349 e. The second-order valence-electron chi connectivity index (χ2n) is 4.85. The van der Waals surface area contributed by atoms with E-state index in [0.29, 0.717) is 12.4 Å². The zero-order valence-electron chi connectivity index (χ0n) is 12.5. The molecular formula is C15H20O4S. The summed E-state index contributed by atoms with van der Waals surface area (Å²) < 4.78 is 10.7. The molecule has 0 fully saturated rings. The standard InChI is InChI=1S/C15H20O4S/c1-6-18-14(17)15(4,5)19-13-8-7-12(9-10(13)2)20-11(3)16/h7-9H,6H2,1-5H3. The molecule has 0 N–H and O–H groups in total. The number of aryl methyl sites for hydroxylation is 1. The summed E-state index contributed by atoms with van der Waals surface area (Å²) >= 11 is 1.17. The van der Waals surface area contributed by atoms with E-state index in [1.165, 1.54) is 18.7 Å². The highest BCUT2D eigenvalue weighted by atomic mass is 32.2. The van der Waals surface area contributed by atoms with Gasteiger partial charge in [-0.2, -0.15) is 0 Å². The third-order valence-corrected chi connectivity index (χ3v) is 3.32. The maximum absolute atomic E-state index is 11.8. The first-order chi connectivity index (χ1) is 9.26. The number of ether oxygens (including phenoxy) is 2. The van der Waals surface area contributed by atoms with E-state index in [0.717, 1.165) is 10.5 Å². The smallest absolute Gasteiger partial charge is 0.349 e. The Morgan fingerprint density at radius 2 is 1.95 bits per heavy atom. The molecule has 0 aliphatic rings. The first-order valence-corrected chi connectivity index (χ1v) is 7.23. The fourth-order valence-corrected chi connectivity index (χ4v) is 2.29. The molecule has 1 aromatic carbocycles. The first kappa shape index (κ1) is 16.6. The molecule has 1 aromatic rings. The van der Waals surface area contributed by atoms with E-state index in [1.807, 2.05) is 13.0 Å². The highest BCUT2D eigenvalue weighted by molar-refractivity contribution is 8.13. The molecule has 0 radical (unpaired) electrons. The molecule has 1 rings (SSSR count). The van der Waals surface area contributed by atoms with Gasteiger partial charge in [-0.3, -0.25) is 4.79 Å². The van der Waals surface area contributed by atoms with Crippen LogP contribution in [0.5, 0.6) is 5.75 Å². The highest BCUT2D eigenvalue weighted by Gasteiger charge is 2.32. The lowest BCUT2D eigenvalue weighted by molar-refractivity contribution is -0.158. The van der Waals surface area contributed by atoms with Crippen LogP contribution in [0.3, 0.4) is 0 Å². The van der Waals surface area contributed by atoms with Gasteiger partial charge in [0.2, 0.25) is 0 Å². The van der Waals surface area contributed by atoms with Crippen molar-refractivity contribution >= 4 is 22.8 Å². The van der Waals surface area contributed by atoms with E-state index in [2.05, 4.69) is 0 Å². The Morgan fingerprint density at radius 3 is 2.45 bits per heavy atom. The van der Waals surface area contributed by atoms with Crippen molar-refractivity contribution in [2.45, 2.75) is 45.1 Å². The van der Waals surface area contributed by atoms with Gasteiger partial charge in [0.1, 0.15) is 5.75 Å². The number of carbonyl (C=O) groups is 2. The van der Waals surface area contributed by atoms with Crippen molar-refractivity contribution in [3.05, 3.63) is 23.8 Å². The van der Waals surface area contributed by atoms with Gasteiger partial charge in [-0.25, -0.2) is 4.79 Å². The average Bonchev–Trinajstić information content (AvgIpc) is 2.32. The molecule has 4 nitrogen and oxygen atoms in total. The number of hydrogen-bond donors (Lipinski definition) is 0. The number of thioether (sulfide) groups is 1. The molecule has 110 valence electrons. The Bertz CT molecular complexity index is 509. The number of hydrogen-bond acceptors (Lipinski definition) is 5. The quantitative estimate of drug-likeness (QED) is 0.616. The lowest BCUT2D eigenvalue weighted by atomic mass is 10.1. The topological polar surface area (TPSA) is 52.6 Å². The lowest BCUT2D eigenvalue weighted by Crippen LogP contribution is -2.39. The van der Waals surface area contributed by atoms with Crippen LogP contribution in [0.1, 0.15) is 33.3 Å². The van der Waals surface area contributed by atoms with Gasteiger partial charge in [-0.15, -0.1) is 0 Å². The predicted molar refractivity (Wildman–Crippen MR) is 79.1 cm³/mol. The van der Waals surface area contributed by atoms with Crippen LogP contribution >= 0.6 is 11.8 Å². The van der Waals surface area contributed by atoms with Gasteiger partial charge in [0.25, 0.3) is 0 Å².